The lowest BCUT2D eigenvalue weighted by Crippen LogP contribution is -2.14. The van der Waals surface area contributed by atoms with Gasteiger partial charge in [0.25, 0.3) is 0 Å². The van der Waals surface area contributed by atoms with Gasteiger partial charge in [0.2, 0.25) is 0 Å². The fourth-order valence-corrected chi connectivity index (χ4v) is 11.1. The number of rotatable bonds is 5. The summed E-state index contributed by atoms with van der Waals surface area (Å²) in [4.78, 5) is 2.50. The maximum absolute atomic E-state index is 2.50. The average Bonchev–Trinajstić information content (AvgIpc) is 3.82. The Balaban J connectivity index is 1.14. The third-order valence-corrected chi connectivity index (χ3v) is 13.8. The predicted molar refractivity (Wildman–Crippen MR) is 240 cm³/mol. The summed E-state index contributed by atoms with van der Waals surface area (Å²) in [7, 11) is 0. The maximum Gasteiger partial charge on any atom is 0.0554 e. The first-order valence-electron chi connectivity index (χ1n) is 19.7. The molecule has 0 atom stereocenters. The van der Waals surface area contributed by atoms with E-state index in [-0.39, 0.29) is 10.8 Å². The molecule has 268 valence electrons. The van der Waals surface area contributed by atoms with Gasteiger partial charge in [0, 0.05) is 42.4 Å². The zero-order valence-electron chi connectivity index (χ0n) is 32.1. The molecule has 2 aliphatic rings. The van der Waals surface area contributed by atoms with E-state index in [0.717, 1.165) is 11.4 Å². The molecule has 0 spiro atoms. The summed E-state index contributed by atoms with van der Waals surface area (Å²) in [6.45, 7) is 9.44. The van der Waals surface area contributed by atoms with Crippen molar-refractivity contribution in [1.82, 2.24) is 0 Å². The Morgan fingerprint density at radius 2 is 0.839 bits per heavy atom. The van der Waals surface area contributed by atoms with E-state index in [1.165, 1.54) is 92.6 Å². The van der Waals surface area contributed by atoms with E-state index in [1.807, 2.05) is 11.3 Å². The highest BCUT2D eigenvalue weighted by molar-refractivity contribution is 7.26. The van der Waals surface area contributed by atoms with Crippen molar-refractivity contribution in [2.45, 2.75) is 38.5 Å². The van der Waals surface area contributed by atoms with E-state index in [2.05, 4.69) is 209 Å². The first kappa shape index (κ1) is 33.1. The van der Waals surface area contributed by atoms with Crippen molar-refractivity contribution in [2.75, 3.05) is 4.90 Å². The van der Waals surface area contributed by atoms with E-state index < -0.39 is 0 Å². The lowest BCUT2D eigenvalue weighted by atomic mass is 9.82. The normalized spacial score (nSPS) is 14.4. The summed E-state index contributed by atoms with van der Waals surface area (Å²) in [6, 6.07) is 65.7. The molecule has 8 aromatic carbocycles. The summed E-state index contributed by atoms with van der Waals surface area (Å²) in [5.74, 6) is 0. The van der Waals surface area contributed by atoms with Gasteiger partial charge in [-0.1, -0.05) is 161 Å². The van der Waals surface area contributed by atoms with Crippen LogP contribution in [0.3, 0.4) is 0 Å². The summed E-state index contributed by atoms with van der Waals surface area (Å²) >= 11 is 1.87. The zero-order chi connectivity index (χ0) is 37.8. The lowest BCUT2D eigenvalue weighted by Gasteiger charge is -2.28. The SMILES string of the molecule is CC1(C)c2ccccc2-c2c(-c3cccc(N(c4cccc(-c5cccc6c5-c5ccccc5C6(C)C)c4)c4cccc5sc6ccccc6c45)c3)cccc21. The standard InChI is InChI=1S/C54H41NS/c1-53(2)43-25-8-5-20-40(43)50-38(23-13-27-45(50)53)34-16-11-18-36(32-34)55(47-29-15-31-49-52(47)42-22-7-10-30-48(42)56-49)37-19-12-17-35(33-37)39-24-14-28-46-51(39)41-21-6-9-26-44(41)54(46,3)4/h5-33H,1-4H3. The van der Waals surface area contributed by atoms with Crippen LogP contribution in [-0.4, -0.2) is 0 Å². The monoisotopic (exact) mass is 735 g/mol. The van der Waals surface area contributed by atoms with Crippen LogP contribution in [0.1, 0.15) is 49.9 Å². The van der Waals surface area contributed by atoms with Crippen molar-refractivity contribution in [1.29, 1.82) is 0 Å². The molecule has 0 fully saturated rings. The molecule has 9 aromatic rings. The molecule has 56 heavy (non-hydrogen) atoms. The minimum atomic E-state index is -0.0605. The van der Waals surface area contributed by atoms with Crippen LogP contribution in [0.2, 0.25) is 0 Å². The van der Waals surface area contributed by atoms with Crippen LogP contribution in [0.4, 0.5) is 17.1 Å². The highest BCUT2D eigenvalue weighted by atomic mass is 32.1. The van der Waals surface area contributed by atoms with Gasteiger partial charge in [-0.3, -0.25) is 0 Å². The molecular weight excluding hydrogens is 695 g/mol. The predicted octanol–water partition coefficient (Wildman–Crippen LogP) is 15.5. The van der Waals surface area contributed by atoms with Gasteiger partial charge in [-0.15, -0.1) is 11.3 Å². The lowest BCUT2D eigenvalue weighted by molar-refractivity contribution is 0.660. The second-order valence-electron chi connectivity index (χ2n) is 16.5. The molecule has 1 heterocycles. The Hall–Kier alpha value is -6.22. The number of anilines is 3. The van der Waals surface area contributed by atoms with Gasteiger partial charge in [-0.25, -0.2) is 0 Å². The van der Waals surface area contributed by atoms with E-state index >= 15 is 0 Å². The Morgan fingerprint density at radius 1 is 0.393 bits per heavy atom. The van der Waals surface area contributed by atoms with E-state index in [1.54, 1.807) is 0 Å². The Bertz CT molecular complexity index is 2900. The van der Waals surface area contributed by atoms with Crippen molar-refractivity contribution in [2.24, 2.45) is 0 Å². The zero-order valence-corrected chi connectivity index (χ0v) is 32.9. The molecule has 0 N–H and O–H groups in total. The van der Waals surface area contributed by atoms with Gasteiger partial charge in [0.05, 0.1) is 5.69 Å². The summed E-state index contributed by atoms with van der Waals surface area (Å²) < 4.78 is 2.60. The van der Waals surface area contributed by atoms with E-state index in [4.69, 9.17) is 0 Å². The van der Waals surface area contributed by atoms with E-state index in [0.29, 0.717) is 0 Å². The third-order valence-electron chi connectivity index (χ3n) is 12.7. The van der Waals surface area contributed by atoms with Crippen molar-refractivity contribution in [3.63, 3.8) is 0 Å². The minimum Gasteiger partial charge on any atom is -0.310 e. The molecule has 2 heteroatoms. The highest BCUT2D eigenvalue weighted by Crippen LogP contribution is 2.54. The van der Waals surface area contributed by atoms with Crippen LogP contribution in [0.5, 0.6) is 0 Å². The minimum absolute atomic E-state index is 0.0605. The van der Waals surface area contributed by atoms with Crippen molar-refractivity contribution >= 4 is 48.6 Å². The highest BCUT2D eigenvalue weighted by Gasteiger charge is 2.38. The van der Waals surface area contributed by atoms with Crippen molar-refractivity contribution in [3.05, 3.63) is 198 Å². The molecule has 0 aliphatic heterocycles. The smallest absolute Gasteiger partial charge is 0.0554 e. The van der Waals surface area contributed by atoms with Crippen LogP contribution >= 0.6 is 11.3 Å². The number of nitrogens with zero attached hydrogens (tertiary/aromatic N) is 1. The molecule has 1 aromatic heterocycles. The quantitative estimate of drug-likeness (QED) is 0.170. The molecule has 0 saturated carbocycles. The molecular formula is C54H41NS. The summed E-state index contributed by atoms with van der Waals surface area (Å²) in [6.07, 6.45) is 0. The number of thiophene rings is 1. The molecule has 1 nitrogen and oxygen atoms in total. The molecule has 0 radical (unpaired) electrons. The summed E-state index contributed by atoms with van der Waals surface area (Å²) in [5.41, 5.74) is 19.3. The molecule has 0 bridgehead atoms. The molecule has 0 saturated heterocycles. The largest absolute Gasteiger partial charge is 0.310 e. The topological polar surface area (TPSA) is 3.24 Å². The van der Waals surface area contributed by atoms with Crippen LogP contribution in [0.25, 0.3) is 64.7 Å². The van der Waals surface area contributed by atoms with Crippen LogP contribution < -0.4 is 4.90 Å². The fourth-order valence-electron chi connectivity index (χ4n) is 9.98. The van der Waals surface area contributed by atoms with Gasteiger partial charge in [-0.05, 0) is 109 Å². The Labute approximate surface area is 333 Å². The number of benzene rings is 8. The number of hydrogen-bond acceptors (Lipinski definition) is 2. The second kappa shape index (κ2) is 12.1. The first-order chi connectivity index (χ1) is 27.3. The number of hydrogen-bond donors (Lipinski definition) is 0. The molecule has 0 amide bonds. The number of fused-ring (bicyclic) bond motifs is 9. The van der Waals surface area contributed by atoms with Crippen LogP contribution in [0, 0.1) is 0 Å². The van der Waals surface area contributed by atoms with Crippen molar-refractivity contribution in [3.8, 4) is 44.5 Å². The maximum atomic E-state index is 2.50. The van der Waals surface area contributed by atoms with Gasteiger partial charge in [-0.2, -0.15) is 0 Å². The van der Waals surface area contributed by atoms with E-state index in [9.17, 15) is 0 Å². The average molecular weight is 736 g/mol. The van der Waals surface area contributed by atoms with Gasteiger partial charge in [0.1, 0.15) is 0 Å². The first-order valence-corrected chi connectivity index (χ1v) is 20.5. The van der Waals surface area contributed by atoms with Crippen LogP contribution in [-0.2, 0) is 10.8 Å². The Morgan fingerprint density at radius 3 is 1.43 bits per heavy atom. The summed E-state index contributed by atoms with van der Waals surface area (Å²) in [5, 5.41) is 2.58. The van der Waals surface area contributed by atoms with Gasteiger partial charge >= 0.3 is 0 Å². The third kappa shape index (κ3) is 4.72. The Kier molecular flexibility index (Phi) is 7.18. The second-order valence-corrected chi connectivity index (χ2v) is 17.6. The molecule has 11 rings (SSSR count). The fraction of sp³-hybridized carbons (Fsp3) is 0.111. The van der Waals surface area contributed by atoms with Gasteiger partial charge < -0.3 is 4.90 Å². The van der Waals surface area contributed by atoms with Gasteiger partial charge in [0.15, 0.2) is 0 Å². The van der Waals surface area contributed by atoms with Crippen LogP contribution in [0.15, 0.2) is 176 Å². The van der Waals surface area contributed by atoms with Crippen molar-refractivity contribution < 1.29 is 0 Å². The molecule has 2 aliphatic carbocycles. The molecule has 0 unspecified atom stereocenters.